The third kappa shape index (κ3) is 2.39. The molecule has 2 heterocycles. The highest BCUT2D eigenvalue weighted by atomic mass is 16.3. The molecular formula is C14H21N3O2. The van der Waals surface area contributed by atoms with E-state index in [1.807, 2.05) is 24.6 Å². The Balaban J connectivity index is 1.49. The van der Waals surface area contributed by atoms with E-state index >= 15 is 0 Å². The molecule has 0 aromatic carbocycles. The largest absolute Gasteiger partial charge is 0.386 e. The van der Waals surface area contributed by atoms with Crippen molar-refractivity contribution < 1.29 is 9.90 Å². The van der Waals surface area contributed by atoms with E-state index in [0.717, 1.165) is 24.2 Å². The maximum atomic E-state index is 12.0. The number of nitrogens with zero attached hydrogens (tertiary/aromatic N) is 3. The highest BCUT2D eigenvalue weighted by Gasteiger charge is 2.52. The number of hydrogen-bond donors (Lipinski definition) is 1. The average molecular weight is 263 g/mol. The van der Waals surface area contributed by atoms with Gasteiger partial charge in [-0.05, 0) is 38.7 Å². The molecular weight excluding hydrogens is 242 g/mol. The lowest BCUT2D eigenvalue weighted by atomic mass is 9.88. The summed E-state index contributed by atoms with van der Waals surface area (Å²) in [6.45, 7) is 5.62. The number of likely N-dealkylation sites (tertiary alicyclic amines) is 1. The van der Waals surface area contributed by atoms with Crippen LogP contribution in [-0.4, -0.2) is 44.4 Å². The van der Waals surface area contributed by atoms with Crippen molar-refractivity contribution in [1.29, 1.82) is 0 Å². The van der Waals surface area contributed by atoms with Crippen molar-refractivity contribution in [2.75, 3.05) is 13.1 Å². The summed E-state index contributed by atoms with van der Waals surface area (Å²) in [5.41, 5.74) is 1.49. The second kappa shape index (κ2) is 4.34. The molecule has 1 aromatic rings. The van der Waals surface area contributed by atoms with Gasteiger partial charge in [0.15, 0.2) is 0 Å². The Kier molecular flexibility index (Phi) is 2.89. The SMILES string of the molecule is Cc1cc(C)n(CCC(=O)N2CC(O)(C3CC3)C2)n1. The van der Waals surface area contributed by atoms with Crippen molar-refractivity contribution >= 4 is 5.91 Å². The molecule has 2 fully saturated rings. The highest BCUT2D eigenvalue weighted by molar-refractivity contribution is 5.77. The smallest absolute Gasteiger partial charge is 0.224 e. The number of β-amino-alcohol motifs (C(OH)–C–C–N with tert-alkyl or cyclic N) is 1. The summed E-state index contributed by atoms with van der Waals surface area (Å²) in [5, 5.41) is 14.5. The Morgan fingerprint density at radius 3 is 2.68 bits per heavy atom. The van der Waals surface area contributed by atoms with Crippen molar-refractivity contribution in [3.05, 3.63) is 17.5 Å². The minimum Gasteiger partial charge on any atom is -0.386 e. The van der Waals surface area contributed by atoms with E-state index < -0.39 is 5.60 Å². The molecule has 1 aliphatic carbocycles. The quantitative estimate of drug-likeness (QED) is 0.877. The van der Waals surface area contributed by atoms with Crippen LogP contribution >= 0.6 is 0 Å². The fourth-order valence-corrected chi connectivity index (χ4v) is 2.93. The van der Waals surface area contributed by atoms with Crippen molar-refractivity contribution in [3.63, 3.8) is 0 Å². The number of aromatic nitrogens is 2. The van der Waals surface area contributed by atoms with Crippen molar-refractivity contribution in [2.45, 2.75) is 45.3 Å². The summed E-state index contributed by atoms with van der Waals surface area (Å²) in [6, 6.07) is 2.01. The number of aliphatic hydroxyl groups is 1. The van der Waals surface area contributed by atoms with Gasteiger partial charge < -0.3 is 10.0 Å². The van der Waals surface area contributed by atoms with Gasteiger partial charge >= 0.3 is 0 Å². The molecule has 19 heavy (non-hydrogen) atoms. The predicted octanol–water partition coefficient (Wildman–Crippen LogP) is 0.873. The van der Waals surface area contributed by atoms with Gasteiger partial charge in [0.05, 0.1) is 18.8 Å². The number of aryl methyl sites for hydroxylation is 3. The van der Waals surface area contributed by atoms with Crippen LogP contribution in [0.5, 0.6) is 0 Å². The zero-order valence-corrected chi connectivity index (χ0v) is 11.6. The normalized spacial score (nSPS) is 21.3. The molecule has 0 spiro atoms. The van der Waals surface area contributed by atoms with Crippen LogP contribution in [0.4, 0.5) is 0 Å². The third-order valence-corrected chi connectivity index (χ3v) is 4.26. The Morgan fingerprint density at radius 1 is 1.47 bits per heavy atom. The number of amides is 1. The number of hydrogen-bond acceptors (Lipinski definition) is 3. The molecule has 5 heteroatoms. The molecule has 1 saturated carbocycles. The first-order valence-electron chi connectivity index (χ1n) is 6.99. The van der Waals surface area contributed by atoms with Crippen LogP contribution < -0.4 is 0 Å². The summed E-state index contributed by atoms with van der Waals surface area (Å²) < 4.78 is 1.88. The van der Waals surface area contributed by atoms with E-state index in [9.17, 15) is 9.90 Å². The van der Waals surface area contributed by atoms with Gasteiger partial charge in [0, 0.05) is 18.7 Å². The zero-order chi connectivity index (χ0) is 13.6. The molecule has 0 radical (unpaired) electrons. The van der Waals surface area contributed by atoms with Crippen LogP contribution in [0.25, 0.3) is 0 Å². The van der Waals surface area contributed by atoms with Gasteiger partial charge in [0.1, 0.15) is 5.60 Å². The molecule has 1 N–H and O–H groups in total. The van der Waals surface area contributed by atoms with Crippen molar-refractivity contribution in [2.24, 2.45) is 5.92 Å². The highest BCUT2D eigenvalue weighted by Crippen LogP contribution is 2.44. The summed E-state index contributed by atoms with van der Waals surface area (Å²) in [7, 11) is 0. The minimum atomic E-state index is -0.576. The van der Waals surface area contributed by atoms with E-state index in [4.69, 9.17) is 0 Å². The van der Waals surface area contributed by atoms with E-state index in [1.54, 1.807) is 4.90 Å². The molecule has 2 aliphatic rings. The lowest BCUT2D eigenvalue weighted by Crippen LogP contribution is -2.64. The van der Waals surface area contributed by atoms with Gasteiger partial charge in [-0.2, -0.15) is 5.10 Å². The van der Waals surface area contributed by atoms with E-state index in [2.05, 4.69) is 5.10 Å². The van der Waals surface area contributed by atoms with Gasteiger partial charge in [-0.1, -0.05) is 0 Å². The van der Waals surface area contributed by atoms with Crippen molar-refractivity contribution in [3.8, 4) is 0 Å². The van der Waals surface area contributed by atoms with E-state index in [-0.39, 0.29) is 5.91 Å². The molecule has 1 aromatic heterocycles. The average Bonchev–Trinajstić information content (AvgIpc) is 3.09. The second-order valence-corrected chi connectivity index (χ2v) is 6.03. The molecule has 0 atom stereocenters. The molecule has 104 valence electrons. The van der Waals surface area contributed by atoms with E-state index in [0.29, 0.717) is 32.0 Å². The maximum Gasteiger partial charge on any atom is 0.224 e. The van der Waals surface area contributed by atoms with Crippen molar-refractivity contribution in [1.82, 2.24) is 14.7 Å². The van der Waals surface area contributed by atoms with Gasteiger partial charge in [0.25, 0.3) is 0 Å². The molecule has 3 rings (SSSR count). The first-order valence-corrected chi connectivity index (χ1v) is 6.99. The zero-order valence-electron chi connectivity index (χ0n) is 11.6. The Hall–Kier alpha value is -1.36. The summed E-state index contributed by atoms with van der Waals surface area (Å²) in [5.74, 6) is 0.561. The Labute approximate surface area is 113 Å². The van der Waals surface area contributed by atoms with Gasteiger partial charge in [0.2, 0.25) is 5.91 Å². The summed E-state index contributed by atoms with van der Waals surface area (Å²) >= 11 is 0. The van der Waals surface area contributed by atoms with Crippen LogP contribution in [0.15, 0.2) is 6.07 Å². The molecule has 1 aliphatic heterocycles. The fourth-order valence-electron chi connectivity index (χ4n) is 2.93. The lowest BCUT2D eigenvalue weighted by molar-refractivity contribution is -0.159. The van der Waals surface area contributed by atoms with Gasteiger partial charge in [-0.3, -0.25) is 9.48 Å². The second-order valence-electron chi connectivity index (χ2n) is 6.03. The maximum absolute atomic E-state index is 12.0. The topological polar surface area (TPSA) is 58.4 Å². The lowest BCUT2D eigenvalue weighted by Gasteiger charge is -2.47. The fraction of sp³-hybridized carbons (Fsp3) is 0.714. The van der Waals surface area contributed by atoms with Crippen LogP contribution in [0.2, 0.25) is 0 Å². The Morgan fingerprint density at radius 2 is 2.16 bits per heavy atom. The summed E-state index contributed by atoms with van der Waals surface area (Å²) in [4.78, 5) is 13.8. The summed E-state index contributed by atoms with van der Waals surface area (Å²) in [6.07, 6.45) is 2.69. The van der Waals surface area contributed by atoms with Crippen LogP contribution in [-0.2, 0) is 11.3 Å². The van der Waals surface area contributed by atoms with E-state index in [1.165, 1.54) is 0 Å². The van der Waals surface area contributed by atoms with Crippen LogP contribution in [0.1, 0.15) is 30.7 Å². The molecule has 0 unspecified atom stereocenters. The number of carbonyl (C=O) groups is 1. The van der Waals surface area contributed by atoms with Gasteiger partial charge in [-0.25, -0.2) is 0 Å². The molecule has 5 nitrogen and oxygen atoms in total. The Bertz CT molecular complexity index is 499. The monoisotopic (exact) mass is 263 g/mol. The van der Waals surface area contributed by atoms with Gasteiger partial charge in [-0.15, -0.1) is 0 Å². The first-order chi connectivity index (χ1) is 8.98. The third-order valence-electron chi connectivity index (χ3n) is 4.26. The van der Waals surface area contributed by atoms with Crippen LogP contribution in [0, 0.1) is 19.8 Å². The number of rotatable bonds is 4. The molecule has 1 saturated heterocycles. The molecule has 1 amide bonds. The first kappa shape index (κ1) is 12.7. The number of carbonyl (C=O) groups excluding carboxylic acids is 1. The van der Waals surface area contributed by atoms with Crippen LogP contribution in [0.3, 0.4) is 0 Å². The predicted molar refractivity (Wildman–Crippen MR) is 70.6 cm³/mol. The standard InChI is InChI=1S/C14H21N3O2/c1-10-7-11(2)17(15-10)6-5-13(18)16-8-14(19,9-16)12-3-4-12/h7,12,19H,3-6,8-9H2,1-2H3. The molecule has 0 bridgehead atoms. The minimum absolute atomic E-state index is 0.123.